The van der Waals surface area contributed by atoms with Crippen molar-refractivity contribution < 1.29 is 13.2 Å². The Bertz CT molecular complexity index is 877. The summed E-state index contributed by atoms with van der Waals surface area (Å²) in [7, 11) is -3.66. The molecule has 1 heterocycles. The molecule has 2 aromatic carbocycles. The molecule has 0 atom stereocenters. The molecule has 0 bridgehead atoms. The van der Waals surface area contributed by atoms with Crippen molar-refractivity contribution in [1.29, 1.82) is 0 Å². The summed E-state index contributed by atoms with van der Waals surface area (Å²) in [6, 6.07) is 13.4. The van der Waals surface area contributed by atoms with Gasteiger partial charge in [0.15, 0.2) is 0 Å². The Kier molecular flexibility index (Phi) is 5.30. The minimum absolute atomic E-state index is 0.140. The maximum absolute atomic E-state index is 12.6. The second-order valence-corrected chi connectivity index (χ2v) is 8.19. The number of para-hydroxylation sites is 1. The number of carbonyl (C=O) groups is 1. The van der Waals surface area contributed by atoms with E-state index in [-0.39, 0.29) is 11.7 Å². The number of nitrogens with zero attached hydrogens (tertiary/aromatic N) is 1. The van der Waals surface area contributed by atoms with Crippen LogP contribution in [0.4, 0.5) is 5.69 Å². The lowest BCUT2D eigenvalue weighted by atomic mass is 10.1. The van der Waals surface area contributed by atoms with E-state index in [0.717, 1.165) is 12.8 Å². The van der Waals surface area contributed by atoms with Gasteiger partial charge in [0, 0.05) is 18.1 Å². The molecule has 25 heavy (non-hydrogen) atoms. The Morgan fingerprint density at radius 2 is 1.80 bits per heavy atom. The Morgan fingerprint density at radius 3 is 2.52 bits per heavy atom. The Labute approximate surface area is 152 Å². The Balaban J connectivity index is 1.81. The van der Waals surface area contributed by atoms with Crippen molar-refractivity contribution in [2.45, 2.75) is 18.6 Å². The minimum Gasteiger partial charge on any atom is -0.339 e. The van der Waals surface area contributed by atoms with Crippen LogP contribution in [0, 0.1) is 0 Å². The first kappa shape index (κ1) is 17.8. The summed E-state index contributed by atoms with van der Waals surface area (Å²) >= 11 is 5.91. The SMILES string of the molecule is O=C(c1ccccc1NS(=O)(=O)Cc1cccc(Cl)c1)N1CCCC1. The molecule has 7 heteroatoms. The summed E-state index contributed by atoms with van der Waals surface area (Å²) in [5.41, 5.74) is 1.27. The highest BCUT2D eigenvalue weighted by Crippen LogP contribution is 2.22. The van der Waals surface area contributed by atoms with Crippen molar-refractivity contribution >= 4 is 33.2 Å². The molecule has 132 valence electrons. The van der Waals surface area contributed by atoms with Crippen molar-refractivity contribution in [3.63, 3.8) is 0 Å². The first-order valence-electron chi connectivity index (χ1n) is 8.08. The molecular formula is C18H19ClN2O3S. The third-order valence-electron chi connectivity index (χ3n) is 4.06. The second kappa shape index (κ2) is 7.45. The van der Waals surface area contributed by atoms with Crippen LogP contribution in [-0.4, -0.2) is 32.3 Å². The fraction of sp³-hybridized carbons (Fsp3) is 0.278. The van der Waals surface area contributed by atoms with Crippen molar-refractivity contribution in [2.24, 2.45) is 0 Å². The third-order valence-corrected chi connectivity index (χ3v) is 5.54. The lowest BCUT2D eigenvalue weighted by Gasteiger charge is -2.18. The maximum Gasteiger partial charge on any atom is 0.255 e. The first-order chi connectivity index (χ1) is 11.9. The van der Waals surface area contributed by atoms with Gasteiger partial charge in [-0.1, -0.05) is 35.9 Å². The van der Waals surface area contributed by atoms with Gasteiger partial charge in [-0.25, -0.2) is 8.42 Å². The lowest BCUT2D eigenvalue weighted by molar-refractivity contribution is 0.0794. The molecule has 1 saturated heterocycles. The fourth-order valence-electron chi connectivity index (χ4n) is 2.90. The van der Waals surface area contributed by atoms with Crippen molar-refractivity contribution in [3.05, 3.63) is 64.7 Å². The molecule has 2 aromatic rings. The third kappa shape index (κ3) is 4.52. The number of carbonyl (C=O) groups excluding carboxylic acids is 1. The summed E-state index contributed by atoms with van der Waals surface area (Å²) < 4.78 is 27.5. The highest BCUT2D eigenvalue weighted by Gasteiger charge is 2.23. The van der Waals surface area contributed by atoms with Gasteiger partial charge in [-0.05, 0) is 42.7 Å². The fourth-order valence-corrected chi connectivity index (χ4v) is 4.32. The quantitative estimate of drug-likeness (QED) is 0.865. The molecule has 1 N–H and O–H groups in total. The molecular weight excluding hydrogens is 360 g/mol. The normalized spacial score (nSPS) is 14.5. The number of hydrogen-bond donors (Lipinski definition) is 1. The van der Waals surface area contributed by atoms with E-state index in [1.54, 1.807) is 53.4 Å². The Morgan fingerprint density at radius 1 is 1.08 bits per heavy atom. The molecule has 0 aliphatic carbocycles. The van der Waals surface area contributed by atoms with E-state index in [1.807, 2.05) is 0 Å². The van der Waals surface area contributed by atoms with E-state index in [9.17, 15) is 13.2 Å². The number of halogens is 1. The van der Waals surface area contributed by atoms with E-state index in [1.165, 1.54) is 0 Å². The average Bonchev–Trinajstić information content (AvgIpc) is 3.08. The van der Waals surface area contributed by atoms with Gasteiger partial charge in [0.25, 0.3) is 5.91 Å². The van der Waals surface area contributed by atoms with E-state index in [0.29, 0.717) is 34.9 Å². The number of sulfonamides is 1. The van der Waals surface area contributed by atoms with Crippen LogP contribution in [-0.2, 0) is 15.8 Å². The van der Waals surface area contributed by atoms with Crippen LogP contribution in [0.1, 0.15) is 28.8 Å². The van der Waals surface area contributed by atoms with Crippen LogP contribution in [0.2, 0.25) is 5.02 Å². The highest BCUT2D eigenvalue weighted by molar-refractivity contribution is 7.91. The number of nitrogens with one attached hydrogen (secondary N) is 1. The van der Waals surface area contributed by atoms with Crippen LogP contribution in [0.15, 0.2) is 48.5 Å². The molecule has 5 nitrogen and oxygen atoms in total. The molecule has 1 fully saturated rings. The molecule has 1 amide bonds. The summed E-state index contributed by atoms with van der Waals surface area (Å²) in [5.74, 6) is -0.349. The minimum atomic E-state index is -3.66. The smallest absolute Gasteiger partial charge is 0.255 e. The summed E-state index contributed by atoms with van der Waals surface area (Å²) in [4.78, 5) is 14.4. The van der Waals surface area contributed by atoms with E-state index >= 15 is 0 Å². The summed E-state index contributed by atoms with van der Waals surface area (Å²) in [6.07, 6.45) is 1.96. The molecule has 0 saturated carbocycles. The predicted octanol–water partition coefficient (Wildman–Crippen LogP) is 3.52. The van der Waals surface area contributed by atoms with Gasteiger partial charge in [0.2, 0.25) is 10.0 Å². The van der Waals surface area contributed by atoms with Crippen molar-refractivity contribution in [2.75, 3.05) is 17.8 Å². The van der Waals surface area contributed by atoms with Gasteiger partial charge in [0.1, 0.15) is 0 Å². The first-order valence-corrected chi connectivity index (χ1v) is 10.1. The number of benzene rings is 2. The number of hydrogen-bond acceptors (Lipinski definition) is 3. The van der Waals surface area contributed by atoms with Gasteiger partial charge >= 0.3 is 0 Å². The van der Waals surface area contributed by atoms with Crippen LogP contribution >= 0.6 is 11.6 Å². The van der Waals surface area contributed by atoms with Crippen molar-refractivity contribution in [3.8, 4) is 0 Å². The monoisotopic (exact) mass is 378 g/mol. The summed E-state index contributed by atoms with van der Waals surface area (Å²) in [6.45, 7) is 1.42. The van der Waals surface area contributed by atoms with Crippen molar-refractivity contribution in [1.82, 2.24) is 4.90 Å². The van der Waals surface area contributed by atoms with Crippen LogP contribution < -0.4 is 4.72 Å². The van der Waals surface area contributed by atoms with Gasteiger partial charge in [0.05, 0.1) is 17.0 Å². The van der Waals surface area contributed by atoms with Gasteiger partial charge in [-0.2, -0.15) is 0 Å². The number of likely N-dealkylation sites (tertiary alicyclic amines) is 1. The molecule has 0 unspecified atom stereocenters. The van der Waals surface area contributed by atoms with Gasteiger partial charge in [-0.15, -0.1) is 0 Å². The van der Waals surface area contributed by atoms with E-state index < -0.39 is 10.0 Å². The standard InChI is InChI=1S/C18H19ClN2O3S/c19-15-7-5-6-14(12-15)13-25(23,24)20-17-9-2-1-8-16(17)18(22)21-10-3-4-11-21/h1-2,5-9,12,20H,3-4,10-11,13H2. The number of anilines is 1. The zero-order chi connectivity index (χ0) is 17.9. The molecule has 3 rings (SSSR count). The molecule has 1 aliphatic heterocycles. The molecule has 0 radical (unpaired) electrons. The van der Waals surface area contributed by atoms with Gasteiger partial charge < -0.3 is 4.90 Å². The average molecular weight is 379 g/mol. The number of amides is 1. The zero-order valence-electron chi connectivity index (χ0n) is 13.6. The predicted molar refractivity (Wildman–Crippen MR) is 99.3 cm³/mol. The van der Waals surface area contributed by atoms with Crippen LogP contribution in [0.25, 0.3) is 0 Å². The molecule has 1 aliphatic rings. The van der Waals surface area contributed by atoms with Crippen LogP contribution in [0.5, 0.6) is 0 Å². The van der Waals surface area contributed by atoms with E-state index in [4.69, 9.17) is 11.6 Å². The molecule has 0 aromatic heterocycles. The zero-order valence-corrected chi connectivity index (χ0v) is 15.2. The second-order valence-electron chi connectivity index (χ2n) is 6.04. The lowest BCUT2D eigenvalue weighted by Crippen LogP contribution is -2.29. The highest BCUT2D eigenvalue weighted by atomic mass is 35.5. The molecule has 0 spiro atoms. The number of rotatable bonds is 5. The Hall–Kier alpha value is -2.05. The largest absolute Gasteiger partial charge is 0.339 e. The summed E-state index contributed by atoms with van der Waals surface area (Å²) in [5, 5.41) is 0.484. The topological polar surface area (TPSA) is 66.5 Å². The van der Waals surface area contributed by atoms with Crippen LogP contribution in [0.3, 0.4) is 0 Å². The van der Waals surface area contributed by atoms with E-state index in [2.05, 4.69) is 4.72 Å². The maximum atomic E-state index is 12.6. The van der Waals surface area contributed by atoms with Gasteiger partial charge in [-0.3, -0.25) is 9.52 Å².